The van der Waals surface area contributed by atoms with E-state index in [0.29, 0.717) is 24.6 Å². The first-order valence-corrected chi connectivity index (χ1v) is 11.4. The number of aromatic amines is 1. The number of aromatic nitrogens is 7. The zero-order valence-electron chi connectivity index (χ0n) is 19.9. The summed E-state index contributed by atoms with van der Waals surface area (Å²) in [4.78, 5) is 25.7. The maximum Gasteiger partial charge on any atom is 0.353 e. The summed E-state index contributed by atoms with van der Waals surface area (Å²) in [6.45, 7) is 8.34. The van der Waals surface area contributed by atoms with Crippen LogP contribution >= 0.6 is 0 Å². The van der Waals surface area contributed by atoms with E-state index in [2.05, 4.69) is 25.7 Å². The third-order valence-corrected chi connectivity index (χ3v) is 5.62. The number of rotatable bonds is 7. The molecule has 2 aromatic heterocycles. The van der Waals surface area contributed by atoms with Crippen molar-refractivity contribution in [2.75, 3.05) is 0 Å². The number of tetrazole rings is 1. The van der Waals surface area contributed by atoms with Crippen LogP contribution in [0.5, 0.6) is 0 Å². The van der Waals surface area contributed by atoms with Gasteiger partial charge >= 0.3 is 5.69 Å². The average molecular weight is 460 g/mol. The van der Waals surface area contributed by atoms with E-state index < -0.39 is 0 Å². The van der Waals surface area contributed by atoms with Gasteiger partial charge in [0.15, 0.2) is 5.82 Å². The Labute approximate surface area is 197 Å². The van der Waals surface area contributed by atoms with E-state index in [1.54, 1.807) is 4.57 Å². The molecule has 4 rings (SSSR count). The Kier molecular flexibility index (Phi) is 6.54. The highest BCUT2D eigenvalue weighted by atomic mass is 16.2. The molecule has 0 spiro atoms. The van der Waals surface area contributed by atoms with Crippen LogP contribution in [0.3, 0.4) is 0 Å². The molecule has 4 aromatic rings. The number of unbranched alkanes of at least 4 members (excludes halogenated alkanes) is 1. The fraction of sp³-hybridized carbons (Fsp3) is 0.360. The minimum Gasteiger partial charge on any atom is -0.274 e. The molecule has 2 heterocycles. The maximum absolute atomic E-state index is 13.1. The number of hydrogen-bond donors (Lipinski definition) is 1. The highest BCUT2D eigenvalue weighted by Gasteiger charge is 2.26. The van der Waals surface area contributed by atoms with Gasteiger partial charge in [-0.05, 0) is 39.6 Å². The number of nitrogens with one attached hydrogen (secondary N) is 1. The van der Waals surface area contributed by atoms with Crippen LogP contribution in [-0.2, 0) is 12.0 Å². The molecule has 176 valence electrons. The molecule has 0 aliphatic heterocycles. The fourth-order valence-corrected chi connectivity index (χ4v) is 3.80. The molecule has 0 aliphatic rings. The number of carbonyl (C=O) groups is 1. The van der Waals surface area contributed by atoms with Gasteiger partial charge in [0.05, 0.1) is 6.54 Å². The summed E-state index contributed by atoms with van der Waals surface area (Å²) in [5.74, 6) is 0.950. The molecule has 0 unspecified atom stereocenters. The molecule has 0 saturated carbocycles. The van der Waals surface area contributed by atoms with Crippen LogP contribution in [0.25, 0.3) is 22.5 Å². The van der Waals surface area contributed by atoms with Crippen molar-refractivity contribution < 1.29 is 4.79 Å². The molecule has 0 amide bonds. The maximum atomic E-state index is 13.1. The average Bonchev–Trinajstić information content (AvgIpc) is 3.47. The van der Waals surface area contributed by atoms with E-state index in [1.165, 1.54) is 0 Å². The third-order valence-electron chi connectivity index (χ3n) is 5.62. The molecular formula is C25H29N7O2. The van der Waals surface area contributed by atoms with Crippen LogP contribution < -0.4 is 5.69 Å². The molecular weight excluding hydrogens is 430 g/mol. The van der Waals surface area contributed by atoms with Crippen molar-refractivity contribution in [3.05, 3.63) is 70.4 Å². The summed E-state index contributed by atoms with van der Waals surface area (Å²) in [6.07, 6.45) is 1.94. The van der Waals surface area contributed by atoms with Gasteiger partial charge in [0.1, 0.15) is 5.82 Å². The van der Waals surface area contributed by atoms with Crippen molar-refractivity contribution in [3.63, 3.8) is 0 Å². The number of carbonyl (C=O) groups excluding carboxylic acids is 1. The van der Waals surface area contributed by atoms with Gasteiger partial charge in [0.25, 0.3) is 5.91 Å². The predicted molar refractivity (Wildman–Crippen MR) is 129 cm³/mol. The monoisotopic (exact) mass is 459 g/mol. The smallest absolute Gasteiger partial charge is 0.274 e. The largest absolute Gasteiger partial charge is 0.353 e. The predicted octanol–water partition coefficient (Wildman–Crippen LogP) is 4.07. The van der Waals surface area contributed by atoms with Crippen molar-refractivity contribution in [1.29, 1.82) is 0 Å². The lowest BCUT2D eigenvalue weighted by atomic mass is 9.95. The Balaban J connectivity index is 1.61. The normalized spacial score (nSPS) is 11.6. The minimum absolute atomic E-state index is 0.256. The van der Waals surface area contributed by atoms with Crippen molar-refractivity contribution in [2.24, 2.45) is 0 Å². The summed E-state index contributed by atoms with van der Waals surface area (Å²) >= 11 is 0. The summed E-state index contributed by atoms with van der Waals surface area (Å²) < 4.78 is 2.64. The number of nitrogens with zero attached hydrogens (tertiary/aromatic N) is 6. The second-order valence-electron chi connectivity index (χ2n) is 9.38. The van der Waals surface area contributed by atoms with Gasteiger partial charge < -0.3 is 0 Å². The van der Waals surface area contributed by atoms with E-state index in [0.717, 1.165) is 39.8 Å². The lowest BCUT2D eigenvalue weighted by Crippen LogP contribution is -2.31. The lowest BCUT2D eigenvalue weighted by molar-refractivity contribution is 0.0877. The summed E-state index contributed by atoms with van der Waals surface area (Å²) in [5.41, 5.74) is 3.14. The molecule has 0 saturated heterocycles. The highest BCUT2D eigenvalue weighted by molar-refractivity contribution is 5.77. The molecule has 0 radical (unpaired) electrons. The molecule has 9 nitrogen and oxygen atoms in total. The fourth-order valence-electron chi connectivity index (χ4n) is 3.80. The Morgan fingerprint density at radius 3 is 2.41 bits per heavy atom. The van der Waals surface area contributed by atoms with Gasteiger partial charge in [0, 0.05) is 17.4 Å². The SMILES string of the molecule is CCCCC(=O)n1nc(C(C)(C)C)n(Cc2ccc(-c3cccc(-c4nnn[nH]4)c3)cc2)c1=O. The first kappa shape index (κ1) is 23.3. The Bertz CT molecular complexity index is 1330. The van der Waals surface area contributed by atoms with E-state index in [4.69, 9.17) is 0 Å². The Morgan fingerprint density at radius 2 is 1.76 bits per heavy atom. The molecule has 1 N–H and O–H groups in total. The Morgan fingerprint density at radius 1 is 1.03 bits per heavy atom. The van der Waals surface area contributed by atoms with Crippen molar-refractivity contribution in [3.8, 4) is 22.5 Å². The van der Waals surface area contributed by atoms with E-state index in [9.17, 15) is 9.59 Å². The third kappa shape index (κ3) is 4.88. The van der Waals surface area contributed by atoms with Crippen LogP contribution in [0.15, 0.2) is 53.3 Å². The van der Waals surface area contributed by atoms with Crippen molar-refractivity contribution in [1.82, 2.24) is 35.0 Å². The zero-order chi connectivity index (χ0) is 24.3. The van der Waals surface area contributed by atoms with Gasteiger partial charge in [-0.2, -0.15) is 0 Å². The van der Waals surface area contributed by atoms with Crippen LogP contribution in [0.2, 0.25) is 0 Å². The molecule has 0 aliphatic carbocycles. The van der Waals surface area contributed by atoms with Gasteiger partial charge in [-0.15, -0.1) is 14.9 Å². The number of hydrogen-bond acceptors (Lipinski definition) is 6. The van der Waals surface area contributed by atoms with Gasteiger partial charge in [-0.25, -0.2) is 9.89 Å². The highest BCUT2D eigenvalue weighted by Crippen LogP contribution is 2.25. The Hall–Kier alpha value is -3.88. The van der Waals surface area contributed by atoms with Crippen LogP contribution in [0.4, 0.5) is 0 Å². The molecule has 0 atom stereocenters. The molecule has 0 fully saturated rings. The summed E-state index contributed by atoms with van der Waals surface area (Å²) in [7, 11) is 0. The number of benzene rings is 2. The van der Waals surface area contributed by atoms with Crippen LogP contribution in [-0.4, -0.2) is 40.9 Å². The van der Waals surface area contributed by atoms with Crippen LogP contribution in [0, 0.1) is 0 Å². The minimum atomic E-state index is -0.386. The van der Waals surface area contributed by atoms with Crippen molar-refractivity contribution in [2.45, 2.75) is 58.9 Å². The molecule has 0 bridgehead atoms. The first-order chi connectivity index (χ1) is 16.3. The quantitative estimate of drug-likeness (QED) is 0.446. The lowest BCUT2D eigenvalue weighted by Gasteiger charge is -2.18. The van der Waals surface area contributed by atoms with Gasteiger partial charge in [-0.1, -0.05) is 76.6 Å². The first-order valence-electron chi connectivity index (χ1n) is 11.4. The summed E-state index contributed by atoms with van der Waals surface area (Å²) in [6, 6.07) is 16.0. The van der Waals surface area contributed by atoms with E-state index in [1.807, 2.05) is 76.2 Å². The van der Waals surface area contributed by atoms with E-state index >= 15 is 0 Å². The molecule has 9 heteroatoms. The molecule has 2 aromatic carbocycles. The topological polar surface area (TPSA) is 111 Å². The second kappa shape index (κ2) is 9.54. The van der Waals surface area contributed by atoms with Crippen LogP contribution in [0.1, 0.15) is 63.1 Å². The van der Waals surface area contributed by atoms with Crippen molar-refractivity contribution >= 4 is 5.91 Å². The molecule has 34 heavy (non-hydrogen) atoms. The second-order valence-corrected chi connectivity index (χ2v) is 9.38. The standard InChI is InChI=1S/C25H29N7O2/c1-5-6-10-21(33)32-24(34)31(23(28-32)25(2,3)4)16-17-11-13-18(14-12-17)19-8-7-9-20(15-19)22-26-29-30-27-22/h7-9,11-15H,5-6,10,16H2,1-4H3,(H,26,27,29,30). The zero-order valence-corrected chi connectivity index (χ0v) is 19.9. The summed E-state index contributed by atoms with van der Waals surface area (Å²) in [5, 5.41) is 18.4. The van der Waals surface area contributed by atoms with Gasteiger partial charge in [-0.3, -0.25) is 9.36 Å². The van der Waals surface area contributed by atoms with Gasteiger partial charge in [0.2, 0.25) is 0 Å². The van der Waals surface area contributed by atoms with E-state index in [-0.39, 0.29) is 17.0 Å². The number of H-pyrrole nitrogens is 1.